The zero-order chi connectivity index (χ0) is 20.5. The van der Waals surface area contributed by atoms with Crippen molar-refractivity contribution in [2.24, 2.45) is 7.05 Å². The Labute approximate surface area is 165 Å². The number of nitrogens with zero attached hydrogens (tertiary/aromatic N) is 3. The standard InChI is InChI=1S/C20H19N5O4/c1-25-9-12(10-26)17(24-25)14-4-2-3-11(19(14)27)8-21-13-5-6-16-15(7-13)18(20(28)29)23-22-16/h2-7,9,21,26-27H,8,10H2,1H3,(H,22,23)(H,28,29). The summed E-state index contributed by atoms with van der Waals surface area (Å²) < 4.78 is 1.59. The van der Waals surface area contributed by atoms with Gasteiger partial charge in [-0.25, -0.2) is 4.79 Å². The Bertz CT molecular complexity index is 1210. The molecule has 0 unspecified atom stereocenters. The molecule has 9 nitrogen and oxygen atoms in total. The maximum absolute atomic E-state index is 11.3. The minimum atomic E-state index is -1.10. The van der Waals surface area contributed by atoms with Crippen molar-refractivity contribution in [1.29, 1.82) is 0 Å². The Kier molecular flexibility index (Phi) is 4.65. The number of benzene rings is 2. The van der Waals surface area contributed by atoms with E-state index in [4.69, 9.17) is 0 Å². The van der Waals surface area contributed by atoms with E-state index in [2.05, 4.69) is 20.6 Å². The number of aromatic amines is 1. The van der Waals surface area contributed by atoms with Crippen LogP contribution in [-0.2, 0) is 20.2 Å². The fourth-order valence-electron chi connectivity index (χ4n) is 3.29. The van der Waals surface area contributed by atoms with Gasteiger partial charge in [0.2, 0.25) is 0 Å². The number of nitrogens with one attached hydrogen (secondary N) is 2. The fourth-order valence-corrected chi connectivity index (χ4v) is 3.29. The van der Waals surface area contributed by atoms with Crippen molar-refractivity contribution in [3.8, 4) is 17.0 Å². The first kappa shape index (κ1) is 18.5. The number of H-pyrrole nitrogens is 1. The number of para-hydroxylation sites is 1. The highest BCUT2D eigenvalue weighted by Gasteiger charge is 2.16. The maximum Gasteiger partial charge on any atom is 0.357 e. The number of hydrogen-bond acceptors (Lipinski definition) is 6. The smallest absolute Gasteiger partial charge is 0.357 e. The molecule has 0 amide bonds. The lowest BCUT2D eigenvalue weighted by Crippen LogP contribution is -2.01. The molecule has 29 heavy (non-hydrogen) atoms. The predicted molar refractivity (Wildman–Crippen MR) is 107 cm³/mol. The van der Waals surface area contributed by atoms with E-state index >= 15 is 0 Å². The van der Waals surface area contributed by atoms with Crippen molar-refractivity contribution in [3.63, 3.8) is 0 Å². The van der Waals surface area contributed by atoms with E-state index < -0.39 is 5.97 Å². The molecule has 148 valence electrons. The van der Waals surface area contributed by atoms with Crippen molar-refractivity contribution in [2.75, 3.05) is 5.32 Å². The quantitative estimate of drug-likeness (QED) is 0.339. The van der Waals surface area contributed by atoms with Gasteiger partial charge in [0.1, 0.15) is 11.4 Å². The largest absolute Gasteiger partial charge is 0.507 e. The van der Waals surface area contributed by atoms with Crippen LogP contribution in [0.15, 0.2) is 42.6 Å². The third-order valence-electron chi connectivity index (χ3n) is 4.70. The summed E-state index contributed by atoms with van der Waals surface area (Å²) in [5.41, 5.74) is 3.61. The highest BCUT2D eigenvalue weighted by atomic mass is 16.4. The number of aliphatic hydroxyl groups is 1. The van der Waals surface area contributed by atoms with Crippen LogP contribution in [-0.4, -0.2) is 41.3 Å². The van der Waals surface area contributed by atoms with Crippen LogP contribution >= 0.6 is 0 Å². The lowest BCUT2D eigenvalue weighted by Gasteiger charge is -2.11. The molecule has 0 radical (unpaired) electrons. The number of aryl methyl sites for hydroxylation is 1. The van der Waals surface area contributed by atoms with Crippen LogP contribution in [0.2, 0.25) is 0 Å². The number of aromatic carboxylic acids is 1. The number of phenolic OH excluding ortho intramolecular Hbond substituents is 1. The van der Waals surface area contributed by atoms with Gasteiger partial charge in [0.25, 0.3) is 0 Å². The number of hydrogen-bond donors (Lipinski definition) is 5. The number of phenols is 1. The zero-order valence-electron chi connectivity index (χ0n) is 15.5. The van der Waals surface area contributed by atoms with Crippen LogP contribution in [0.5, 0.6) is 5.75 Å². The van der Waals surface area contributed by atoms with Gasteiger partial charge < -0.3 is 20.6 Å². The van der Waals surface area contributed by atoms with Gasteiger partial charge in [0.05, 0.1) is 12.1 Å². The van der Waals surface area contributed by atoms with E-state index in [0.717, 1.165) is 0 Å². The molecule has 5 N–H and O–H groups in total. The molecule has 0 aliphatic carbocycles. The van der Waals surface area contributed by atoms with Crippen molar-refractivity contribution >= 4 is 22.6 Å². The molecule has 0 saturated carbocycles. The SMILES string of the molecule is Cn1cc(CO)c(-c2cccc(CNc3ccc4[nH]nc(C(=O)O)c4c3)c2O)n1. The molecule has 0 bridgehead atoms. The van der Waals surface area contributed by atoms with E-state index in [9.17, 15) is 20.1 Å². The summed E-state index contributed by atoms with van der Waals surface area (Å²) in [5, 5.41) is 44.0. The van der Waals surface area contributed by atoms with Crippen LogP contribution in [0.25, 0.3) is 22.2 Å². The second kappa shape index (κ2) is 7.28. The molecule has 9 heteroatoms. The number of rotatable bonds is 6. The van der Waals surface area contributed by atoms with Crippen molar-refractivity contribution < 1.29 is 20.1 Å². The first-order valence-corrected chi connectivity index (χ1v) is 8.88. The average molecular weight is 393 g/mol. The van der Waals surface area contributed by atoms with Gasteiger partial charge in [-0.05, 0) is 24.3 Å². The normalized spacial score (nSPS) is 11.1. The average Bonchev–Trinajstić information content (AvgIpc) is 3.30. The predicted octanol–water partition coefficient (Wildman–Crippen LogP) is 2.47. The van der Waals surface area contributed by atoms with Gasteiger partial charge in [-0.3, -0.25) is 9.78 Å². The number of aliphatic hydroxyl groups excluding tert-OH is 1. The molecular weight excluding hydrogens is 374 g/mol. The molecule has 0 atom stereocenters. The minimum Gasteiger partial charge on any atom is -0.507 e. The molecule has 2 aromatic carbocycles. The minimum absolute atomic E-state index is 0.0415. The summed E-state index contributed by atoms with van der Waals surface area (Å²) >= 11 is 0. The molecule has 4 aromatic rings. The van der Waals surface area contributed by atoms with Crippen LogP contribution < -0.4 is 5.32 Å². The highest BCUT2D eigenvalue weighted by molar-refractivity contribution is 6.01. The van der Waals surface area contributed by atoms with Gasteiger partial charge >= 0.3 is 5.97 Å². The number of carbonyl (C=O) groups is 1. The molecule has 0 saturated heterocycles. The fraction of sp³-hybridized carbons (Fsp3) is 0.150. The van der Waals surface area contributed by atoms with Crippen LogP contribution in [0.1, 0.15) is 21.6 Å². The number of carboxylic acid groups (broad SMARTS) is 1. The van der Waals surface area contributed by atoms with Crippen LogP contribution in [0.3, 0.4) is 0 Å². The van der Waals surface area contributed by atoms with E-state index in [0.29, 0.717) is 45.5 Å². The Morgan fingerprint density at radius 3 is 2.83 bits per heavy atom. The van der Waals surface area contributed by atoms with Crippen molar-refractivity contribution in [1.82, 2.24) is 20.0 Å². The molecule has 2 heterocycles. The molecule has 0 aliphatic heterocycles. The summed E-state index contributed by atoms with van der Waals surface area (Å²) in [6.45, 7) is 0.133. The maximum atomic E-state index is 11.3. The van der Waals surface area contributed by atoms with E-state index in [1.807, 2.05) is 6.07 Å². The third kappa shape index (κ3) is 3.39. The molecule has 0 aliphatic rings. The van der Waals surface area contributed by atoms with Gasteiger partial charge in [0, 0.05) is 47.6 Å². The number of aromatic hydroxyl groups is 1. The highest BCUT2D eigenvalue weighted by Crippen LogP contribution is 2.33. The third-order valence-corrected chi connectivity index (χ3v) is 4.70. The van der Waals surface area contributed by atoms with Gasteiger partial charge in [0.15, 0.2) is 5.69 Å². The number of fused-ring (bicyclic) bond motifs is 1. The second-order valence-electron chi connectivity index (χ2n) is 6.64. The Morgan fingerprint density at radius 2 is 2.07 bits per heavy atom. The van der Waals surface area contributed by atoms with Crippen LogP contribution in [0.4, 0.5) is 5.69 Å². The summed E-state index contributed by atoms with van der Waals surface area (Å²) in [6.07, 6.45) is 1.71. The lowest BCUT2D eigenvalue weighted by atomic mass is 10.0. The number of aromatic nitrogens is 4. The molecule has 2 aromatic heterocycles. The van der Waals surface area contributed by atoms with Crippen molar-refractivity contribution in [2.45, 2.75) is 13.2 Å². The van der Waals surface area contributed by atoms with Gasteiger partial charge in [-0.1, -0.05) is 12.1 Å². The number of carboxylic acids is 1. The Morgan fingerprint density at radius 1 is 1.24 bits per heavy atom. The summed E-state index contributed by atoms with van der Waals surface area (Å²) in [6, 6.07) is 10.6. The second-order valence-corrected chi connectivity index (χ2v) is 6.64. The molecular formula is C20H19N5O4. The molecule has 0 spiro atoms. The molecule has 4 rings (SSSR count). The zero-order valence-corrected chi connectivity index (χ0v) is 15.5. The Hall–Kier alpha value is -3.85. The van der Waals surface area contributed by atoms with E-state index in [-0.39, 0.29) is 18.1 Å². The summed E-state index contributed by atoms with van der Waals surface area (Å²) in [4.78, 5) is 11.3. The first-order chi connectivity index (χ1) is 14.0. The van der Waals surface area contributed by atoms with E-state index in [1.165, 1.54) is 0 Å². The van der Waals surface area contributed by atoms with Gasteiger partial charge in [-0.15, -0.1) is 0 Å². The van der Waals surface area contributed by atoms with Crippen LogP contribution in [0, 0.1) is 0 Å². The molecule has 0 fully saturated rings. The number of anilines is 1. The van der Waals surface area contributed by atoms with Gasteiger partial charge in [-0.2, -0.15) is 10.2 Å². The summed E-state index contributed by atoms with van der Waals surface area (Å²) in [7, 11) is 1.75. The van der Waals surface area contributed by atoms with E-state index in [1.54, 1.807) is 48.3 Å². The monoisotopic (exact) mass is 393 g/mol. The first-order valence-electron chi connectivity index (χ1n) is 8.88. The van der Waals surface area contributed by atoms with Crippen molar-refractivity contribution in [3.05, 3.63) is 59.4 Å². The summed E-state index contributed by atoms with van der Waals surface area (Å²) in [5.74, 6) is -1.03. The Balaban J connectivity index is 1.61. The lowest BCUT2D eigenvalue weighted by molar-refractivity contribution is 0.0692. The topological polar surface area (TPSA) is 136 Å².